The Morgan fingerprint density at radius 2 is 2.25 bits per heavy atom. The number of aryl methyl sites for hydroxylation is 2. The quantitative estimate of drug-likeness (QED) is 0.637. The second-order valence-electron chi connectivity index (χ2n) is 4.43. The molecule has 1 aromatic carbocycles. The molecule has 0 radical (unpaired) electrons. The molecule has 1 heterocycles. The summed E-state index contributed by atoms with van der Waals surface area (Å²) in [7, 11) is 1.82. The lowest BCUT2D eigenvalue weighted by atomic mass is 10.0. The van der Waals surface area contributed by atoms with Crippen LogP contribution in [0.25, 0.3) is 17.1 Å². The number of esters is 1. The molecule has 0 spiro atoms. The van der Waals surface area contributed by atoms with E-state index in [-0.39, 0.29) is 0 Å². The largest absolute Gasteiger partial charge is 0.463 e. The van der Waals surface area contributed by atoms with Gasteiger partial charge in [0.15, 0.2) is 5.82 Å². The van der Waals surface area contributed by atoms with Gasteiger partial charge in [0, 0.05) is 18.7 Å². The van der Waals surface area contributed by atoms with Crippen LogP contribution >= 0.6 is 0 Å². The van der Waals surface area contributed by atoms with Crippen molar-refractivity contribution in [1.29, 1.82) is 0 Å². The molecule has 0 bridgehead atoms. The Labute approximate surface area is 116 Å². The summed E-state index contributed by atoms with van der Waals surface area (Å²) in [6, 6.07) is 1.90. The fourth-order valence-corrected chi connectivity index (χ4v) is 2.10. The van der Waals surface area contributed by atoms with E-state index in [9.17, 15) is 9.18 Å². The molecule has 106 valence electrons. The lowest BCUT2D eigenvalue weighted by Gasteiger charge is -2.07. The van der Waals surface area contributed by atoms with Crippen molar-refractivity contribution in [3.05, 3.63) is 35.4 Å². The minimum atomic E-state index is -0.477. The SMILES string of the molecule is CCOC(=O)/C=C/c1c(CC)cc2c(ncn2C)c1F. The van der Waals surface area contributed by atoms with Gasteiger partial charge in [0.25, 0.3) is 0 Å². The lowest BCUT2D eigenvalue weighted by molar-refractivity contribution is -0.137. The van der Waals surface area contributed by atoms with Gasteiger partial charge in [0.1, 0.15) is 5.52 Å². The zero-order chi connectivity index (χ0) is 14.7. The standard InChI is InChI=1S/C15H17FN2O2/c1-4-10-8-12-15(17-9-18(12)3)14(16)11(10)6-7-13(19)20-5-2/h6-9H,4-5H2,1-3H3/b7-6+. The highest BCUT2D eigenvalue weighted by atomic mass is 19.1. The van der Waals surface area contributed by atoms with Crippen LogP contribution in [-0.2, 0) is 23.0 Å². The third-order valence-corrected chi connectivity index (χ3v) is 3.14. The fourth-order valence-electron chi connectivity index (χ4n) is 2.10. The molecule has 0 atom stereocenters. The first kappa shape index (κ1) is 14.2. The number of hydrogen-bond donors (Lipinski definition) is 0. The van der Waals surface area contributed by atoms with Gasteiger partial charge in [0.05, 0.1) is 18.5 Å². The molecular weight excluding hydrogens is 259 g/mol. The van der Waals surface area contributed by atoms with Crippen LogP contribution in [-0.4, -0.2) is 22.1 Å². The van der Waals surface area contributed by atoms with E-state index < -0.39 is 11.8 Å². The molecule has 0 aliphatic rings. The summed E-state index contributed by atoms with van der Waals surface area (Å²) in [5.41, 5.74) is 2.28. The Hall–Kier alpha value is -2.17. The number of hydrogen-bond acceptors (Lipinski definition) is 3. The van der Waals surface area contributed by atoms with Gasteiger partial charge in [-0.1, -0.05) is 6.92 Å². The first-order valence-corrected chi connectivity index (χ1v) is 6.55. The maximum absolute atomic E-state index is 14.5. The minimum absolute atomic E-state index is 0.297. The van der Waals surface area contributed by atoms with E-state index in [4.69, 9.17) is 4.74 Å². The van der Waals surface area contributed by atoms with Crippen molar-refractivity contribution in [2.24, 2.45) is 7.05 Å². The predicted octanol–water partition coefficient (Wildman–Crippen LogP) is 2.85. The van der Waals surface area contributed by atoms with Crippen LogP contribution in [0.1, 0.15) is 25.0 Å². The number of aromatic nitrogens is 2. The first-order valence-electron chi connectivity index (χ1n) is 6.55. The zero-order valence-electron chi connectivity index (χ0n) is 11.8. The molecule has 5 heteroatoms. The molecule has 0 saturated heterocycles. The van der Waals surface area contributed by atoms with Crippen molar-refractivity contribution in [3.8, 4) is 0 Å². The topological polar surface area (TPSA) is 44.1 Å². The maximum Gasteiger partial charge on any atom is 0.330 e. The summed E-state index contributed by atoms with van der Waals surface area (Å²) in [6.45, 7) is 3.97. The van der Waals surface area contributed by atoms with Gasteiger partial charge in [-0.3, -0.25) is 0 Å². The number of benzene rings is 1. The number of fused-ring (bicyclic) bond motifs is 1. The smallest absolute Gasteiger partial charge is 0.330 e. The molecule has 0 amide bonds. The summed E-state index contributed by atoms with van der Waals surface area (Å²) < 4.78 is 21.1. The van der Waals surface area contributed by atoms with Crippen molar-refractivity contribution in [1.82, 2.24) is 9.55 Å². The van der Waals surface area contributed by atoms with E-state index in [1.165, 1.54) is 12.2 Å². The fraction of sp³-hybridized carbons (Fsp3) is 0.333. The average Bonchev–Trinajstić information content (AvgIpc) is 2.79. The molecule has 0 unspecified atom stereocenters. The van der Waals surface area contributed by atoms with Crippen molar-refractivity contribution in [2.45, 2.75) is 20.3 Å². The first-order chi connectivity index (χ1) is 9.58. The number of imidazole rings is 1. The molecule has 0 fully saturated rings. The lowest BCUT2D eigenvalue weighted by Crippen LogP contribution is -2.00. The van der Waals surface area contributed by atoms with Gasteiger partial charge in [-0.15, -0.1) is 0 Å². The van der Waals surface area contributed by atoms with Crippen LogP contribution in [0.3, 0.4) is 0 Å². The maximum atomic E-state index is 14.5. The molecule has 0 saturated carbocycles. The highest BCUT2D eigenvalue weighted by Gasteiger charge is 2.14. The number of nitrogens with zero attached hydrogens (tertiary/aromatic N) is 2. The highest BCUT2D eigenvalue weighted by Crippen LogP contribution is 2.25. The Bertz CT molecular complexity index is 674. The Balaban J connectivity index is 2.51. The van der Waals surface area contributed by atoms with Gasteiger partial charge in [0.2, 0.25) is 0 Å². The number of ether oxygens (including phenoxy) is 1. The normalized spacial score (nSPS) is 11.4. The van der Waals surface area contributed by atoms with Crippen LogP contribution in [0, 0.1) is 5.82 Å². The van der Waals surface area contributed by atoms with Crippen molar-refractivity contribution in [2.75, 3.05) is 6.61 Å². The predicted molar refractivity (Wildman–Crippen MR) is 75.7 cm³/mol. The summed E-state index contributed by atoms with van der Waals surface area (Å²) in [4.78, 5) is 15.4. The van der Waals surface area contributed by atoms with Gasteiger partial charge in [-0.25, -0.2) is 14.2 Å². The Morgan fingerprint density at radius 3 is 2.90 bits per heavy atom. The minimum Gasteiger partial charge on any atom is -0.463 e. The summed E-state index contributed by atoms with van der Waals surface area (Å²) in [5, 5.41) is 0. The van der Waals surface area contributed by atoms with Gasteiger partial charge in [-0.2, -0.15) is 0 Å². The van der Waals surface area contributed by atoms with E-state index in [2.05, 4.69) is 4.98 Å². The summed E-state index contributed by atoms with van der Waals surface area (Å²) in [6.07, 6.45) is 4.95. The number of carbonyl (C=O) groups excluding carboxylic acids is 1. The molecular formula is C15H17FN2O2. The second-order valence-corrected chi connectivity index (χ2v) is 4.43. The van der Waals surface area contributed by atoms with Crippen molar-refractivity contribution < 1.29 is 13.9 Å². The van der Waals surface area contributed by atoms with Gasteiger partial charge in [-0.05, 0) is 31.1 Å². The molecule has 0 aliphatic heterocycles. The number of rotatable bonds is 4. The van der Waals surface area contributed by atoms with Crippen molar-refractivity contribution >= 4 is 23.1 Å². The van der Waals surface area contributed by atoms with Crippen molar-refractivity contribution in [3.63, 3.8) is 0 Å². The van der Waals surface area contributed by atoms with E-state index >= 15 is 0 Å². The summed E-state index contributed by atoms with van der Waals surface area (Å²) >= 11 is 0. The molecule has 2 rings (SSSR count). The van der Waals surface area contributed by atoms with Crippen LogP contribution < -0.4 is 0 Å². The zero-order valence-corrected chi connectivity index (χ0v) is 11.8. The van der Waals surface area contributed by atoms with Gasteiger partial charge < -0.3 is 9.30 Å². The summed E-state index contributed by atoms with van der Waals surface area (Å²) in [5.74, 6) is -0.879. The average molecular weight is 276 g/mol. The third-order valence-electron chi connectivity index (χ3n) is 3.14. The number of carbonyl (C=O) groups is 1. The van der Waals surface area contributed by atoms with Gasteiger partial charge >= 0.3 is 5.97 Å². The van der Waals surface area contributed by atoms with Crippen LogP contribution in [0.4, 0.5) is 4.39 Å². The Morgan fingerprint density at radius 1 is 1.50 bits per heavy atom. The molecule has 2 aromatic rings. The molecule has 1 aromatic heterocycles. The van der Waals surface area contributed by atoms with E-state index in [1.54, 1.807) is 17.8 Å². The molecule has 20 heavy (non-hydrogen) atoms. The third kappa shape index (κ3) is 2.57. The molecule has 0 aliphatic carbocycles. The van der Waals surface area contributed by atoms with Crippen LogP contribution in [0.2, 0.25) is 0 Å². The molecule has 4 nitrogen and oxygen atoms in total. The Kier molecular flexibility index (Phi) is 4.17. The second kappa shape index (κ2) is 5.86. The number of halogens is 1. The van der Waals surface area contributed by atoms with E-state index in [0.29, 0.717) is 24.1 Å². The molecule has 0 N–H and O–H groups in total. The van der Waals surface area contributed by atoms with E-state index in [0.717, 1.165) is 11.1 Å². The van der Waals surface area contributed by atoms with E-state index in [1.807, 2.05) is 20.0 Å². The van der Waals surface area contributed by atoms with Crippen LogP contribution in [0.15, 0.2) is 18.5 Å². The highest BCUT2D eigenvalue weighted by molar-refractivity contribution is 5.89. The van der Waals surface area contributed by atoms with Crippen LogP contribution in [0.5, 0.6) is 0 Å². The monoisotopic (exact) mass is 276 g/mol.